The lowest BCUT2D eigenvalue weighted by Gasteiger charge is -2.33. The van der Waals surface area contributed by atoms with Crippen molar-refractivity contribution in [1.82, 2.24) is 14.5 Å². The fourth-order valence-corrected chi connectivity index (χ4v) is 6.05. The van der Waals surface area contributed by atoms with Crippen molar-refractivity contribution in [3.63, 3.8) is 0 Å². The Morgan fingerprint density at radius 2 is 1.67 bits per heavy atom. The van der Waals surface area contributed by atoms with Gasteiger partial charge in [0.15, 0.2) is 5.78 Å². The fourth-order valence-electron chi connectivity index (χ4n) is 4.57. The Balaban J connectivity index is 1.30. The van der Waals surface area contributed by atoms with Crippen molar-refractivity contribution < 1.29 is 18.0 Å². The molecule has 1 fully saturated rings. The van der Waals surface area contributed by atoms with Crippen molar-refractivity contribution in [3.8, 4) is 0 Å². The van der Waals surface area contributed by atoms with Gasteiger partial charge in [-0.3, -0.25) is 14.5 Å². The van der Waals surface area contributed by atoms with Gasteiger partial charge in [-0.15, -0.1) is 0 Å². The summed E-state index contributed by atoms with van der Waals surface area (Å²) in [6.45, 7) is 3.25. The molecule has 176 valence electrons. The van der Waals surface area contributed by atoms with Gasteiger partial charge < -0.3 is 5.32 Å². The first-order valence-corrected chi connectivity index (χ1v) is 12.9. The van der Waals surface area contributed by atoms with Crippen molar-refractivity contribution in [3.05, 3.63) is 65.2 Å². The van der Waals surface area contributed by atoms with E-state index in [0.717, 1.165) is 30.4 Å². The molecule has 4 rings (SSSR count). The summed E-state index contributed by atoms with van der Waals surface area (Å²) >= 11 is 0. The molecule has 8 heteroatoms. The zero-order valence-electron chi connectivity index (χ0n) is 19.0. The molecule has 1 heterocycles. The zero-order chi connectivity index (χ0) is 23.4. The van der Waals surface area contributed by atoms with Crippen LogP contribution in [0, 0.1) is 0 Å². The van der Waals surface area contributed by atoms with Crippen LogP contribution in [0.5, 0.6) is 0 Å². The van der Waals surface area contributed by atoms with Gasteiger partial charge in [0.2, 0.25) is 15.9 Å². The number of carbonyl (C=O) groups excluding carboxylic acids is 2. The van der Waals surface area contributed by atoms with Gasteiger partial charge in [0.05, 0.1) is 17.5 Å². The predicted octanol–water partition coefficient (Wildman–Crippen LogP) is 1.80. The SMILES string of the molecule is CC(=O)[C@@H](Cc1ccccc1)NC(=O)CN1CCN(S(=O)(=O)c2ccc3c(c2)CCC3)CC1. The lowest BCUT2D eigenvalue weighted by Crippen LogP contribution is -2.52. The molecule has 2 aromatic rings. The monoisotopic (exact) mass is 469 g/mol. The summed E-state index contributed by atoms with van der Waals surface area (Å²) in [5.41, 5.74) is 3.38. The maximum atomic E-state index is 13.1. The van der Waals surface area contributed by atoms with Crippen LogP contribution in [0.3, 0.4) is 0 Å². The smallest absolute Gasteiger partial charge is 0.243 e. The number of nitrogens with one attached hydrogen (secondary N) is 1. The summed E-state index contributed by atoms with van der Waals surface area (Å²) in [5, 5.41) is 2.84. The van der Waals surface area contributed by atoms with E-state index in [4.69, 9.17) is 0 Å². The first kappa shape index (κ1) is 23.6. The van der Waals surface area contributed by atoms with Gasteiger partial charge >= 0.3 is 0 Å². The number of hydrogen-bond acceptors (Lipinski definition) is 5. The molecule has 0 spiro atoms. The summed E-state index contributed by atoms with van der Waals surface area (Å²) in [6.07, 6.45) is 3.49. The van der Waals surface area contributed by atoms with E-state index in [1.807, 2.05) is 47.4 Å². The van der Waals surface area contributed by atoms with Crippen LogP contribution in [0.1, 0.15) is 30.0 Å². The number of hydrogen-bond donors (Lipinski definition) is 1. The highest BCUT2D eigenvalue weighted by Crippen LogP contribution is 2.26. The highest BCUT2D eigenvalue weighted by molar-refractivity contribution is 7.89. The van der Waals surface area contributed by atoms with E-state index >= 15 is 0 Å². The van der Waals surface area contributed by atoms with Crippen molar-refractivity contribution in [2.45, 2.75) is 43.5 Å². The molecule has 2 aromatic carbocycles. The molecule has 0 unspecified atom stereocenters. The van der Waals surface area contributed by atoms with Crippen LogP contribution in [0.15, 0.2) is 53.4 Å². The molecule has 1 N–H and O–H groups in total. The van der Waals surface area contributed by atoms with Crippen LogP contribution in [0.4, 0.5) is 0 Å². The maximum absolute atomic E-state index is 13.1. The largest absolute Gasteiger partial charge is 0.345 e. The van der Waals surface area contributed by atoms with Gasteiger partial charge in [-0.25, -0.2) is 8.42 Å². The summed E-state index contributed by atoms with van der Waals surface area (Å²) in [6, 6.07) is 14.5. The van der Waals surface area contributed by atoms with Gasteiger partial charge in [0, 0.05) is 26.2 Å². The first-order valence-electron chi connectivity index (χ1n) is 11.5. The number of ketones is 1. The number of piperazine rings is 1. The van der Waals surface area contributed by atoms with Crippen molar-refractivity contribution in [1.29, 1.82) is 0 Å². The molecule has 1 aliphatic carbocycles. The van der Waals surface area contributed by atoms with Crippen LogP contribution >= 0.6 is 0 Å². The maximum Gasteiger partial charge on any atom is 0.243 e. The standard InChI is InChI=1S/C25H31N3O4S/c1-19(29)24(16-20-6-3-2-4-7-20)26-25(30)18-27-12-14-28(15-13-27)33(31,32)23-11-10-21-8-5-9-22(21)17-23/h2-4,6-7,10-11,17,24H,5,8-9,12-16,18H2,1H3,(H,26,30)/t24-/m1/s1. The minimum atomic E-state index is -3.54. The highest BCUT2D eigenvalue weighted by atomic mass is 32.2. The lowest BCUT2D eigenvalue weighted by molar-refractivity contribution is -0.127. The molecular weight excluding hydrogens is 438 g/mol. The van der Waals surface area contributed by atoms with E-state index in [2.05, 4.69) is 5.32 Å². The van der Waals surface area contributed by atoms with E-state index < -0.39 is 16.1 Å². The minimum absolute atomic E-state index is 0.0857. The zero-order valence-corrected chi connectivity index (χ0v) is 19.8. The van der Waals surface area contributed by atoms with E-state index in [1.54, 1.807) is 6.07 Å². The molecular formula is C25H31N3O4S. The Labute approximate surface area is 195 Å². The second kappa shape index (κ2) is 10.2. The number of rotatable bonds is 8. The topological polar surface area (TPSA) is 86.8 Å². The molecule has 1 aliphatic heterocycles. The normalized spacial score (nSPS) is 18.0. The van der Waals surface area contributed by atoms with Crippen molar-refractivity contribution in [2.24, 2.45) is 0 Å². The third-order valence-electron chi connectivity index (χ3n) is 6.51. The number of nitrogens with zero attached hydrogens (tertiary/aromatic N) is 2. The highest BCUT2D eigenvalue weighted by Gasteiger charge is 2.30. The number of amides is 1. The molecule has 7 nitrogen and oxygen atoms in total. The molecule has 0 aromatic heterocycles. The van der Waals surface area contributed by atoms with E-state index in [1.165, 1.54) is 16.8 Å². The lowest BCUT2D eigenvalue weighted by atomic mass is 10.0. The first-order chi connectivity index (χ1) is 15.8. The molecule has 2 aliphatic rings. The van der Waals surface area contributed by atoms with Crippen LogP contribution in [-0.2, 0) is 38.9 Å². The van der Waals surface area contributed by atoms with E-state index in [0.29, 0.717) is 37.5 Å². The summed E-state index contributed by atoms with van der Waals surface area (Å²) in [4.78, 5) is 26.9. The number of fused-ring (bicyclic) bond motifs is 1. The third-order valence-corrected chi connectivity index (χ3v) is 8.41. The van der Waals surface area contributed by atoms with Gasteiger partial charge in [-0.2, -0.15) is 4.31 Å². The van der Waals surface area contributed by atoms with Gasteiger partial charge in [-0.05, 0) is 61.4 Å². The average molecular weight is 470 g/mol. The van der Waals surface area contributed by atoms with Crippen molar-refractivity contribution >= 4 is 21.7 Å². The van der Waals surface area contributed by atoms with Gasteiger partial charge in [0.1, 0.15) is 0 Å². The van der Waals surface area contributed by atoms with Crippen molar-refractivity contribution in [2.75, 3.05) is 32.7 Å². The summed E-state index contributed by atoms with van der Waals surface area (Å²) < 4.78 is 27.7. The molecule has 1 amide bonds. The second-order valence-corrected chi connectivity index (χ2v) is 10.8. The molecule has 1 saturated heterocycles. The Kier molecular flexibility index (Phi) is 7.26. The number of sulfonamides is 1. The Morgan fingerprint density at radius 3 is 2.36 bits per heavy atom. The number of carbonyl (C=O) groups is 2. The van der Waals surface area contributed by atoms with E-state index in [-0.39, 0.29) is 18.2 Å². The number of Topliss-reactive ketones (excluding diaryl/α,β-unsaturated/α-hetero) is 1. The number of aryl methyl sites for hydroxylation is 2. The van der Waals surface area contributed by atoms with Gasteiger partial charge in [-0.1, -0.05) is 36.4 Å². The summed E-state index contributed by atoms with van der Waals surface area (Å²) in [7, 11) is -3.54. The molecule has 0 bridgehead atoms. The predicted molar refractivity (Wildman–Crippen MR) is 126 cm³/mol. The minimum Gasteiger partial charge on any atom is -0.345 e. The Bertz CT molecular complexity index is 1110. The fraction of sp³-hybridized carbons (Fsp3) is 0.440. The average Bonchev–Trinajstić information content (AvgIpc) is 3.27. The molecule has 0 radical (unpaired) electrons. The van der Waals surface area contributed by atoms with E-state index in [9.17, 15) is 18.0 Å². The molecule has 1 atom stereocenters. The summed E-state index contributed by atoms with van der Waals surface area (Å²) in [5.74, 6) is -0.307. The molecule has 0 saturated carbocycles. The second-order valence-electron chi connectivity index (χ2n) is 8.88. The van der Waals surface area contributed by atoms with Crippen LogP contribution < -0.4 is 5.32 Å². The van der Waals surface area contributed by atoms with Gasteiger partial charge in [0.25, 0.3) is 0 Å². The van der Waals surface area contributed by atoms with Crippen LogP contribution in [0.2, 0.25) is 0 Å². The number of benzene rings is 2. The third kappa shape index (κ3) is 5.69. The van der Waals surface area contributed by atoms with Crippen LogP contribution in [-0.4, -0.2) is 68.1 Å². The quantitative estimate of drug-likeness (QED) is 0.637. The van der Waals surface area contributed by atoms with Crippen LogP contribution in [0.25, 0.3) is 0 Å². The molecule has 33 heavy (non-hydrogen) atoms. The Morgan fingerprint density at radius 1 is 0.970 bits per heavy atom. The Hall–Kier alpha value is -2.55.